The Morgan fingerprint density at radius 2 is 2.21 bits per heavy atom. The molecule has 0 bridgehead atoms. The first-order chi connectivity index (χ1) is 6.60. The predicted molar refractivity (Wildman–Crippen MR) is 48.3 cm³/mol. The fourth-order valence-corrected chi connectivity index (χ4v) is 1.18. The second-order valence-electron chi connectivity index (χ2n) is 2.39. The van der Waals surface area contributed by atoms with Crippen LogP contribution in [0.25, 0.3) is 0 Å². The predicted octanol–water partition coefficient (Wildman–Crippen LogP) is 0.769. The van der Waals surface area contributed by atoms with Crippen molar-refractivity contribution in [3.63, 3.8) is 0 Å². The molecule has 0 N–H and O–H groups in total. The first-order valence-corrected chi connectivity index (χ1v) is 4.03. The van der Waals surface area contributed by atoms with E-state index in [-0.39, 0.29) is 16.5 Å². The summed E-state index contributed by atoms with van der Waals surface area (Å²) in [5, 5.41) is 11.3. The van der Waals surface area contributed by atoms with E-state index in [2.05, 4.69) is 4.74 Å². The largest absolute Gasteiger partial charge is 0.618 e. The minimum atomic E-state index is -0.785. The molecular formula is C8H8ClNO4. The van der Waals surface area contributed by atoms with Crippen molar-refractivity contribution in [2.45, 2.75) is 0 Å². The average molecular weight is 218 g/mol. The molecule has 0 aliphatic heterocycles. The number of hydrogen-bond donors (Lipinski definition) is 0. The van der Waals surface area contributed by atoms with E-state index in [1.165, 1.54) is 20.3 Å². The van der Waals surface area contributed by atoms with E-state index >= 15 is 0 Å². The van der Waals surface area contributed by atoms with Crippen LogP contribution in [0.4, 0.5) is 0 Å². The molecular weight excluding hydrogens is 210 g/mol. The molecule has 0 radical (unpaired) electrons. The summed E-state index contributed by atoms with van der Waals surface area (Å²) in [7, 11) is 2.56. The maximum absolute atomic E-state index is 11.3. The quantitative estimate of drug-likeness (QED) is 0.417. The molecule has 0 amide bonds. The standard InChI is InChI=1S/C8H8ClNO4/c1-13-5-3-6(9)7(8(11)14-2)10(12)4-5/h3-4H,1-2H3. The van der Waals surface area contributed by atoms with Crippen molar-refractivity contribution in [3.05, 3.63) is 28.2 Å². The van der Waals surface area contributed by atoms with Gasteiger partial charge in [-0.25, -0.2) is 4.79 Å². The Morgan fingerprint density at radius 3 is 2.64 bits per heavy atom. The minimum Gasteiger partial charge on any atom is -0.618 e. The van der Waals surface area contributed by atoms with Gasteiger partial charge in [0.1, 0.15) is 5.02 Å². The monoisotopic (exact) mass is 217 g/mol. The van der Waals surface area contributed by atoms with Crippen molar-refractivity contribution in [2.75, 3.05) is 14.2 Å². The number of aromatic nitrogens is 1. The van der Waals surface area contributed by atoms with E-state index in [1.54, 1.807) is 0 Å². The summed E-state index contributed by atoms with van der Waals surface area (Å²) in [4.78, 5) is 11.1. The van der Waals surface area contributed by atoms with Crippen LogP contribution in [0.3, 0.4) is 0 Å². The lowest BCUT2D eigenvalue weighted by Gasteiger charge is -2.06. The highest BCUT2D eigenvalue weighted by Crippen LogP contribution is 2.18. The van der Waals surface area contributed by atoms with E-state index < -0.39 is 5.97 Å². The van der Waals surface area contributed by atoms with Crippen LogP contribution in [0.15, 0.2) is 12.3 Å². The van der Waals surface area contributed by atoms with Crippen molar-refractivity contribution in [1.29, 1.82) is 0 Å². The number of carbonyl (C=O) groups is 1. The van der Waals surface area contributed by atoms with Gasteiger partial charge in [0.15, 0.2) is 5.75 Å². The number of ether oxygens (including phenoxy) is 2. The molecule has 1 heterocycles. The van der Waals surface area contributed by atoms with Crippen molar-refractivity contribution in [2.24, 2.45) is 0 Å². The van der Waals surface area contributed by atoms with Gasteiger partial charge < -0.3 is 14.7 Å². The lowest BCUT2D eigenvalue weighted by molar-refractivity contribution is -0.608. The van der Waals surface area contributed by atoms with Crippen LogP contribution in [0.2, 0.25) is 5.02 Å². The van der Waals surface area contributed by atoms with Crippen LogP contribution in [-0.2, 0) is 4.74 Å². The van der Waals surface area contributed by atoms with Gasteiger partial charge in [-0.3, -0.25) is 0 Å². The number of carbonyl (C=O) groups excluding carboxylic acids is 1. The molecule has 0 spiro atoms. The Labute approximate surface area is 85.4 Å². The van der Waals surface area contributed by atoms with Crippen LogP contribution < -0.4 is 9.47 Å². The third-order valence-corrected chi connectivity index (χ3v) is 1.86. The van der Waals surface area contributed by atoms with Gasteiger partial charge in [-0.05, 0) is 0 Å². The summed E-state index contributed by atoms with van der Waals surface area (Å²) in [5.74, 6) is -0.509. The zero-order valence-electron chi connectivity index (χ0n) is 7.61. The Morgan fingerprint density at radius 1 is 1.57 bits per heavy atom. The van der Waals surface area contributed by atoms with Crippen molar-refractivity contribution in [1.82, 2.24) is 0 Å². The molecule has 0 aliphatic carbocycles. The highest BCUT2D eigenvalue weighted by Gasteiger charge is 2.22. The van der Waals surface area contributed by atoms with E-state index in [0.717, 1.165) is 6.20 Å². The molecule has 0 atom stereocenters. The molecule has 0 saturated carbocycles. The van der Waals surface area contributed by atoms with E-state index in [0.29, 0.717) is 4.73 Å². The number of nitrogens with zero attached hydrogens (tertiary/aromatic N) is 1. The third-order valence-electron chi connectivity index (χ3n) is 1.57. The van der Waals surface area contributed by atoms with Gasteiger partial charge in [0, 0.05) is 6.07 Å². The Balaban J connectivity index is 3.25. The molecule has 0 aliphatic rings. The van der Waals surface area contributed by atoms with E-state index in [9.17, 15) is 10.0 Å². The van der Waals surface area contributed by atoms with Crippen LogP contribution in [0.1, 0.15) is 10.5 Å². The zero-order chi connectivity index (χ0) is 10.7. The second kappa shape index (κ2) is 4.15. The molecule has 0 saturated heterocycles. The number of hydrogen-bond acceptors (Lipinski definition) is 4. The molecule has 0 fully saturated rings. The van der Waals surface area contributed by atoms with E-state index in [1.807, 2.05) is 0 Å². The van der Waals surface area contributed by atoms with Gasteiger partial charge >= 0.3 is 11.7 Å². The molecule has 76 valence electrons. The smallest absolute Gasteiger partial charge is 0.406 e. The normalized spacial score (nSPS) is 9.64. The van der Waals surface area contributed by atoms with Crippen LogP contribution in [0.5, 0.6) is 5.75 Å². The fraction of sp³-hybridized carbons (Fsp3) is 0.250. The fourth-order valence-electron chi connectivity index (χ4n) is 0.912. The molecule has 5 nitrogen and oxygen atoms in total. The molecule has 0 unspecified atom stereocenters. The number of rotatable bonds is 2. The summed E-state index contributed by atoms with van der Waals surface area (Å²) in [6, 6.07) is 1.36. The lowest BCUT2D eigenvalue weighted by atomic mass is 10.3. The minimum absolute atomic E-state index is 0.00815. The summed E-state index contributed by atoms with van der Waals surface area (Å²) < 4.78 is 9.49. The molecule has 1 rings (SSSR count). The van der Waals surface area contributed by atoms with Crippen LogP contribution in [0, 0.1) is 5.21 Å². The molecule has 0 aromatic carbocycles. The van der Waals surface area contributed by atoms with Gasteiger partial charge in [-0.15, -0.1) is 0 Å². The Hall–Kier alpha value is -1.49. The molecule has 1 aromatic rings. The topological polar surface area (TPSA) is 62.5 Å². The summed E-state index contributed by atoms with van der Waals surface area (Å²) >= 11 is 5.69. The third kappa shape index (κ3) is 1.88. The van der Waals surface area contributed by atoms with Crippen molar-refractivity contribution >= 4 is 17.6 Å². The first kappa shape index (κ1) is 10.6. The maximum atomic E-state index is 11.3. The van der Waals surface area contributed by atoms with Gasteiger partial charge in [0.05, 0.1) is 14.2 Å². The Bertz CT molecular complexity index is 343. The summed E-state index contributed by atoms with van der Waals surface area (Å²) in [6.45, 7) is 0. The maximum Gasteiger partial charge on any atom is 0.406 e. The number of pyridine rings is 1. The lowest BCUT2D eigenvalue weighted by Crippen LogP contribution is -2.35. The average Bonchev–Trinajstić information content (AvgIpc) is 2.16. The number of esters is 1. The van der Waals surface area contributed by atoms with Gasteiger partial charge in [-0.2, -0.15) is 4.73 Å². The van der Waals surface area contributed by atoms with Crippen LogP contribution in [-0.4, -0.2) is 20.2 Å². The van der Waals surface area contributed by atoms with Gasteiger partial charge in [0.25, 0.3) is 0 Å². The van der Waals surface area contributed by atoms with Gasteiger partial charge in [0.2, 0.25) is 6.20 Å². The number of halogens is 1. The highest BCUT2D eigenvalue weighted by molar-refractivity contribution is 6.33. The second-order valence-corrected chi connectivity index (χ2v) is 2.80. The Kier molecular flexibility index (Phi) is 3.14. The molecule has 6 heteroatoms. The number of methoxy groups -OCH3 is 2. The zero-order valence-corrected chi connectivity index (χ0v) is 8.37. The summed E-state index contributed by atoms with van der Waals surface area (Å²) in [5.41, 5.74) is -0.255. The first-order valence-electron chi connectivity index (χ1n) is 3.65. The van der Waals surface area contributed by atoms with Gasteiger partial charge in [-0.1, -0.05) is 11.6 Å². The highest BCUT2D eigenvalue weighted by atomic mass is 35.5. The molecule has 1 aromatic heterocycles. The summed E-state index contributed by atoms with van der Waals surface area (Å²) in [6.07, 6.45) is 1.10. The van der Waals surface area contributed by atoms with Crippen molar-refractivity contribution < 1.29 is 19.0 Å². The SMILES string of the molecule is COC(=O)c1c(Cl)cc(OC)c[n+]1[O-]. The molecule has 14 heavy (non-hydrogen) atoms. The van der Waals surface area contributed by atoms with Crippen LogP contribution >= 0.6 is 11.6 Å². The van der Waals surface area contributed by atoms with Crippen molar-refractivity contribution in [3.8, 4) is 5.75 Å². The van der Waals surface area contributed by atoms with E-state index in [4.69, 9.17) is 16.3 Å².